The molecule has 0 bridgehead atoms. The first-order chi connectivity index (χ1) is 8.49. The monoisotopic (exact) mass is 705 g/mol. The molecule has 0 unspecified atom stereocenters. The van der Waals surface area contributed by atoms with Crippen LogP contribution in [0.25, 0.3) is 0 Å². The Morgan fingerprint density at radius 2 is 0.0959 bits per heavy atom. The third-order valence-corrected chi connectivity index (χ3v) is 0. The van der Waals surface area contributed by atoms with E-state index < -0.39 is 0 Å². The maximum absolute atomic E-state index is 8.36. The van der Waals surface area contributed by atoms with Crippen molar-refractivity contribution in [3.8, 4) is 0 Å². The van der Waals surface area contributed by atoms with Gasteiger partial charge in [-0.05, 0) is 0 Å². The van der Waals surface area contributed by atoms with E-state index >= 15 is 0 Å². The second-order valence-electron chi connectivity index (χ2n) is 0.632. The SMILES string of the molecule is O=BO.O=BO.O=BO.O=BO.O=BO.O=BO.[LiH].[LiH].[LiH].[LiH].[LiH].[LiH].[LiH].[LiH].[LiH].[LiH].[LiH].[LiH].[LiH].[LiH].[LiH].[LiH].[LiH].[LiH].[LiH].[LiH].[LiH].[LiH].[LiH].[LiH].[LiH].[LiH].[LiH].[LiH].[LiH].[LiH].[LiH].[LiH].[LiH].[LiH].[LiH].[LiH].[LiH].[LiH].[LiH].[LiH].[LiH].[LiH].[LiH].[LiH].[LiH].[LiH].[LiH].[LiH].[LiH].[LiH].[LiH].[LiH].[LiH].[LiH].[LiH]. The molecule has 0 atom stereocenters. The molecular weight excluding hydrogens is 639 g/mol. The van der Waals surface area contributed by atoms with Crippen LogP contribution < -0.4 is 0 Å². The molecule has 0 saturated heterocycles. The summed E-state index contributed by atoms with van der Waals surface area (Å²) in [5, 5.41) is 41.3. The van der Waals surface area contributed by atoms with Crippen molar-refractivity contribution in [2.75, 3.05) is 0 Å². The van der Waals surface area contributed by atoms with Gasteiger partial charge in [0, 0.05) is 0 Å². The molecule has 0 rings (SSSR count). The average molecular weight is 700 g/mol. The summed E-state index contributed by atoms with van der Waals surface area (Å²) in [7, 11) is -1.50. The van der Waals surface area contributed by atoms with E-state index in [1.807, 2.05) is 0 Å². The van der Waals surface area contributed by atoms with Gasteiger partial charge in [0.2, 0.25) is 0 Å². The molecule has 0 aliphatic rings. The van der Waals surface area contributed by atoms with Gasteiger partial charge < -0.3 is 0 Å². The van der Waals surface area contributed by atoms with E-state index in [-0.39, 0.29) is 1080 Å². The first kappa shape index (κ1) is 598. The first-order valence-electron chi connectivity index (χ1n) is 2.96. The number of hydrogen-bond acceptors (Lipinski definition) is 6. The van der Waals surface area contributed by atoms with Crippen molar-refractivity contribution in [3.63, 3.8) is 0 Å². The summed E-state index contributed by atoms with van der Waals surface area (Å²) in [6, 6.07) is 0. The van der Waals surface area contributed by atoms with Gasteiger partial charge in [-0.25, -0.2) is 0 Å². The topological polar surface area (TPSA) is 224 Å². The third-order valence-electron chi connectivity index (χ3n) is 0. The van der Waals surface area contributed by atoms with E-state index in [1.165, 1.54) is 0 Å². The third kappa shape index (κ3) is 1100. The van der Waals surface area contributed by atoms with Crippen LogP contribution in [-0.4, -0.2) is 1110 Å². The standard InChI is InChI=1S/6BHO2.55Li.55H/c6*2-1-3;;;;;;;;;;;;;;;;;;;;;;;;;;;;;;;;;;;;;;;;;;;;;;;;;;;;;;;;;;;;;;;;;;;;;;;;;;;;;;;;;;;;;;;;;;;;;;;;;;;;;;;;;;;;;;/h6*2H;;;;;;;;;;;;;;;;;;;;;;;;;;;;;;;;;;;;;;;;;;;;;;;;;;;;;;;;;;;;;;;;;;;;;;;;;;;;;;;;;;;;;;;;;;;;;;;;;;;;;;;;;;;;;;. The molecular formula is H61B6Li55O12. The van der Waals surface area contributed by atoms with E-state index in [0.717, 1.165) is 0 Å². The summed E-state index contributed by atoms with van der Waals surface area (Å²) in [5.41, 5.74) is 0. The summed E-state index contributed by atoms with van der Waals surface area (Å²) in [6.45, 7) is 0. The van der Waals surface area contributed by atoms with E-state index in [9.17, 15) is 0 Å². The Hall–Kier alpha value is 30.8. The van der Waals surface area contributed by atoms with Gasteiger partial charge in [-0.2, -0.15) is 0 Å². The van der Waals surface area contributed by atoms with Crippen LogP contribution in [-0.2, 0) is 28.2 Å². The molecule has 12 nitrogen and oxygen atoms in total. The summed E-state index contributed by atoms with van der Waals surface area (Å²) in [6.07, 6.45) is 0. The zero-order valence-corrected chi connectivity index (χ0v) is 8.60. The molecule has 73 heteroatoms. The molecule has 0 fully saturated rings. The summed E-state index contributed by atoms with van der Waals surface area (Å²) in [4.78, 5) is 0. The Kier molecular flexibility index (Phi) is 6440. The molecule has 0 spiro atoms. The van der Waals surface area contributed by atoms with E-state index in [1.54, 1.807) is 0 Å². The molecule has 0 aromatic carbocycles. The van der Waals surface area contributed by atoms with Gasteiger partial charge in [-0.15, -0.1) is 0 Å². The summed E-state index contributed by atoms with van der Waals surface area (Å²) in [5.74, 6) is 0. The quantitative estimate of drug-likeness (QED) is 0.130. The van der Waals surface area contributed by atoms with Crippen LogP contribution in [0.15, 0.2) is 0 Å². The first-order valence-corrected chi connectivity index (χ1v) is 2.96. The van der Waals surface area contributed by atoms with Gasteiger partial charge in [0.05, 0.1) is 0 Å². The maximum atomic E-state index is 8.36. The van der Waals surface area contributed by atoms with Crippen LogP contribution in [0.1, 0.15) is 0 Å². The molecule has 73 heavy (non-hydrogen) atoms. The van der Waals surface area contributed by atoms with Gasteiger partial charge in [0.1, 0.15) is 0 Å². The van der Waals surface area contributed by atoms with E-state index in [4.69, 9.17) is 58.4 Å². The second kappa shape index (κ2) is 786. The molecule has 0 heterocycles. The minimum absolute atomic E-state index is 0. The van der Waals surface area contributed by atoms with Crippen molar-refractivity contribution in [2.24, 2.45) is 0 Å². The molecule has 0 aliphatic carbocycles. The number of hydrogen-bond donors (Lipinski definition) is 6. The molecule has 0 aromatic heterocycles. The van der Waals surface area contributed by atoms with Crippen LogP contribution in [0.5, 0.6) is 0 Å². The van der Waals surface area contributed by atoms with Crippen molar-refractivity contribution in [2.45, 2.75) is 0 Å². The van der Waals surface area contributed by atoms with Crippen LogP contribution in [0, 0.1) is 0 Å². The predicted molar refractivity (Wildman–Crippen MR) is 445 cm³/mol. The van der Waals surface area contributed by atoms with Crippen LogP contribution in [0.3, 0.4) is 0 Å². The van der Waals surface area contributed by atoms with Crippen LogP contribution in [0.2, 0.25) is 0 Å². The zero-order valence-electron chi connectivity index (χ0n) is 8.60. The molecule has 0 aliphatic heterocycles. The zero-order chi connectivity index (χ0) is 16.2. The van der Waals surface area contributed by atoms with E-state index in [2.05, 4.69) is 0 Å². The van der Waals surface area contributed by atoms with Crippen molar-refractivity contribution in [1.82, 2.24) is 0 Å². The molecule has 6 N–H and O–H groups in total. The van der Waals surface area contributed by atoms with Crippen molar-refractivity contribution < 1.29 is 58.4 Å². The Bertz CT molecular complexity index is 167. The fourth-order valence-corrected chi connectivity index (χ4v) is 0. The second-order valence-corrected chi connectivity index (χ2v) is 0.632. The fourth-order valence-electron chi connectivity index (χ4n) is 0. The summed E-state index contributed by atoms with van der Waals surface area (Å²) >= 11 is 0. The Morgan fingerprint density at radius 3 is 0.0959 bits per heavy atom. The Labute approximate surface area is 1110 Å². The number of rotatable bonds is 0. The Morgan fingerprint density at radius 1 is 0.0959 bits per heavy atom. The van der Waals surface area contributed by atoms with Gasteiger partial charge in [-0.1, -0.05) is 0 Å². The van der Waals surface area contributed by atoms with Crippen molar-refractivity contribution in [3.05, 3.63) is 0 Å². The molecule has 0 saturated carbocycles. The molecule has 0 amide bonds. The summed E-state index contributed by atoms with van der Waals surface area (Å²) < 4.78 is 50.2. The van der Waals surface area contributed by atoms with Gasteiger partial charge in [0.15, 0.2) is 0 Å². The fraction of sp³-hybridized carbons (Fsp3) is 0. The van der Waals surface area contributed by atoms with Gasteiger partial charge >= 0.3 is 1140 Å². The molecule has 0 radical (unpaired) electrons. The van der Waals surface area contributed by atoms with Crippen molar-refractivity contribution >= 4 is 1080 Å². The van der Waals surface area contributed by atoms with Crippen LogP contribution >= 0.6 is 0 Å². The van der Waals surface area contributed by atoms with Crippen LogP contribution in [0.4, 0.5) is 0 Å². The van der Waals surface area contributed by atoms with Crippen molar-refractivity contribution in [1.29, 1.82) is 0 Å². The molecule has 0 aromatic rings. The average Bonchev–Trinajstić information content (AvgIpc) is 2.23. The van der Waals surface area contributed by atoms with Gasteiger partial charge in [0.25, 0.3) is 0 Å². The normalized spacial score (nSPS) is 0.658. The predicted octanol–water partition coefficient (Wildman–Crippen LogP) is -42.0. The Balaban J connectivity index is -0.000000000349. The minimum atomic E-state index is -0.250. The molecule has 206 valence electrons. The van der Waals surface area contributed by atoms with Gasteiger partial charge in [-0.3, -0.25) is 0 Å². The van der Waals surface area contributed by atoms with E-state index in [0.29, 0.717) is 0 Å².